The van der Waals surface area contributed by atoms with Crippen molar-refractivity contribution in [2.24, 2.45) is 7.05 Å². The van der Waals surface area contributed by atoms with Crippen molar-refractivity contribution in [1.82, 2.24) is 14.5 Å². The second-order valence-corrected chi connectivity index (χ2v) is 5.61. The van der Waals surface area contributed by atoms with E-state index >= 15 is 0 Å². The van der Waals surface area contributed by atoms with Crippen LogP contribution in [0.2, 0.25) is 0 Å². The average Bonchev–Trinajstić information content (AvgIpc) is 2.79. The number of imidazole rings is 1. The molecule has 0 saturated heterocycles. The number of halogens is 1. The first-order valence-electron chi connectivity index (χ1n) is 6.27. The zero-order valence-corrected chi connectivity index (χ0v) is 13.1. The van der Waals surface area contributed by atoms with Crippen LogP contribution in [0.15, 0.2) is 35.2 Å². The molecule has 5 heteroatoms. The first-order valence-corrected chi connectivity index (χ1v) is 7.06. The maximum atomic E-state index is 5.91. The maximum absolute atomic E-state index is 5.91. The largest absolute Gasteiger partial charge is 0.437 e. The number of ether oxygens (including phenoxy) is 1. The summed E-state index contributed by atoms with van der Waals surface area (Å²) in [7, 11) is 1.95. The van der Waals surface area contributed by atoms with Gasteiger partial charge in [0.2, 0.25) is 5.88 Å². The predicted octanol–water partition coefficient (Wildman–Crippen LogP) is 4.14. The molecule has 0 N–H and O–H groups in total. The number of pyridine rings is 1. The van der Waals surface area contributed by atoms with Gasteiger partial charge in [-0.3, -0.25) is 0 Å². The van der Waals surface area contributed by atoms with Crippen LogP contribution >= 0.6 is 15.9 Å². The average molecular weight is 332 g/mol. The molecule has 0 saturated carbocycles. The smallest absolute Gasteiger partial charge is 0.247 e. The maximum Gasteiger partial charge on any atom is 0.247 e. The molecular formula is C15H14BrN3O. The molecule has 0 amide bonds. The Labute approximate surface area is 125 Å². The Balaban J connectivity index is 2.05. The summed E-state index contributed by atoms with van der Waals surface area (Å²) in [5.74, 6) is 1.30. The number of hydrogen-bond donors (Lipinski definition) is 0. The van der Waals surface area contributed by atoms with Gasteiger partial charge in [-0.1, -0.05) is 15.9 Å². The summed E-state index contributed by atoms with van der Waals surface area (Å²) in [6.45, 7) is 4.08. The molecule has 2 aromatic heterocycles. The number of fused-ring (bicyclic) bond motifs is 1. The van der Waals surface area contributed by atoms with Crippen LogP contribution in [0.3, 0.4) is 0 Å². The highest BCUT2D eigenvalue weighted by molar-refractivity contribution is 9.10. The molecule has 0 aliphatic rings. The molecule has 0 radical (unpaired) electrons. The van der Waals surface area contributed by atoms with Crippen LogP contribution in [0.1, 0.15) is 11.1 Å². The number of rotatable bonds is 2. The third-order valence-corrected chi connectivity index (χ3v) is 4.48. The highest BCUT2D eigenvalue weighted by atomic mass is 79.9. The number of aryl methyl sites for hydroxylation is 3. The fraction of sp³-hybridized carbons (Fsp3) is 0.200. The Morgan fingerprint density at radius 3 is 2.55 bits per heavy atom. The van der Waals surface area contributed by atoms with E-state index in [0.29, 0.717) is 5.88 Å². The van der Waals surface area contributed by atoms with Gasteiger partial charge in [0.15, 0.2) is 5.52 Å². The number of hydrogen-bond acceptors (Lipinski definition) is 3. The molecule has 0 spiro atoms. The molecule has 102 valence electrons. The SMILES string of the molecule is Cc1cc(Oc2nccc3c2ncn3C)cc(C)c1Br. The van der Waals surface area contributed by atoms with Gasteiger partial charge in [0.25, 0.3) is 0 Å². The van der Waals surface area contributed by atoms with Crippen LogP contribution in [0.4, 0.5) is 0 Å². The van der Waals surface area contributed by atoms with E-state index in [1.807, 2.05) is 43.7 Å². The van der Waals surface area contributed by atoms with Crippen LogP contribution in [0.25, 0.3) is 11.0 Å². The zero-order chi connectivity index (χ0) is 14.3. The Kier molecular flexibility index (Phi) is 3.22. The minimum Gasteiger partial charge on any atom is -0.437 e. The van der Waals surface area contributed by atoms with Crippen molar-refractivity contribution in [3.8, 4) is 11.6 Å². The topological polar surface area (TPSA) is 39.9 Å². The van der Waals surface area contributed by atoms with Gasteiger partial charge in [-0.25, -0.2) is 9.97 Å². The quantitative estimate of drug-likeness (QED) is 0.708. The molecule has 20 heavy (non-hydrogen) atoms. The molecule has 0 aliphatic carbocycles. The van der Waals surface area contributed by atoms with Gasteiger partial charge in [0.05, 0.1) is 11.8 Å². The normalized spacial score (nSPS) is 11.0. The fourth-order valence-corrected chi connectivity index (χ4v) is 2.42. The molecule has 0 bridgehead atoms. The van der Waals surface area contributed by atoms with Crippen molar-refractivity contribution in [3.63, 3.8) is 0 Å². The van der Waals surface area contributed by atoms with Gasteiger partial charge in [-0.15, -0.1) is 0 Å². The first-order chi connectivity index (χ1) is 9.56. The van der Waals surface area contributed by atoms with Gasteiger partial charge >= 0.3 is 0 Å². The molecule has 0 atom stereocenters. The van der Waals surface area contributed by atoms with E-state index in [9.17, 15) is 0 Å². The standard InChI is InChI=1S/C15H14BrN3O/c1-9-6-11(7-10(2)13(9)16)20-15-14-12(4-5-17-15)19(3)8-18-14/h4-8H,1-3H3. The van der Waals surface area contributed by atoms with Gasteiger partial charge in [-0.05, 0) is 43.2 Å². The Morgan fingerprint density at radius 2 is 1.85 bits per heavy atom. The number of nitrogens with zero attached hydrogens (tertiary/aromatic N) is 3. The molecule has 0 unspecified atom stereocenters. The van der Waals surface area contributed by atoms with E-state index in [2.05, 4.69) is 25.9 Å². The predicted molar refractivity (Wildman–Crippen MR) is 82.2 cm³/mol. The Bertz CT molecular complexity index is 772. The second kappa shape index (κ2) is 4.90. The van der Waals surface area contributed by atoms with E-state index in [1.165, 1.54) is 0 Å². The molecular weight excluding hydrogens is 318 g/mol. The second-order valence-electron chi connectivity index (χ2n) is 4.81. The van der Waals surface area contributed by atoms with Gasteiger partial charge in [0, 0.05) is 17.7 Å². The van der Waals surface area contributed by atoms with Crippen molar-refractivity contribution in [2.75, 3.05) is 0 Å². The van der Waals surface area contributed by atoms with E-state index < -0.39 is 0 Å². The Morgan fingerprint density at radius 1 is 1.15 bits per heavy atom. The van der Waals surface area contributed by atoms with Crippen LogP contribution in [-0.4, -0.2) is 14.5 Å². The lowest BCUT2D eigenvalue weighted by molar-refractivity contribution is 0.467. The van der Waals surface area contributed by atoms with E-state index in [4.69, 9.17) is 4.74 Å². The lowest BCUT2D eigenvalue weighted by Crippen LogP contribution is -1.92. The van der Waals surface area contributed by atoms with Crippen LogP contribution in [-0.2, 0) is 7.05 Å². The summed E-state index contributed by atoms with van der Waals surface area (Å²) in [5.41, 5.74) is 4.04. The highest BCUT2D eigenvalue weighted by Crippen LogP contribution is 2.31. The fourth-order valence-electron chi connectivity index (χ4n) is 2.19. The van der Waals surface area contributed by atoms with E-state index in [1.54, 1.807) is 12.5 Å². The first kappa shape index (κ1) is 13.1. The summed E-state index contributed by atoms with van der Waals surface area (Å²) < 4.78 is 8.97. The van der Waals surface area contributed by atoms with Crippen molar-refractivity contribution in [1.29, 1.82) is 0 Å². The zero-order valence-electron chi connectivity index (χ0n) is 11.5. The minimum absolute atomic E-state index is 0.532. The minimum atomic E-state index is 0.532. The summed E-state index contributed by atoms with van der Waals surface area (Å²) in [5, 5.41) is 0. The van der Waals surface area contributed by atoms with Gasteiger partial charge < -0.3 is 9.30 Å². The Hall–Kier alpha value is -1.88. The number of aromatic nitrogens is 3. The lowest BCUT2D eigenvalue weighted by Gasteiger charge is -2.09. The summed E-state index contributed by atoms with van der Waals surface area (Å²) in [6, 6.07) is 5.90. The summed E-state index contributed by atoms with van der Waals surface area (Å²) in [4.78, 5) is 8.63. The van der Waals surface area contributed by atoms with Crippen LogP contribution in [0, 0.1) is 13.8 Å². The van der Waals surface area contributed by atoms with Crippen molar-refractivity contribution in [3.05, 3.63) is 46.3 Å². The molecule has 0 aliphatic heterocycles. The van der Waals surface area contributed by atoms with Crippen molar-refractivity contribution < 1.29 is 4.74 Å². The van der Waals surface area contributed by atoms with Gasteiger partial charge in [-0.2, -0.15) is 0 Å². The number of benzene rings is 1. The molecule has 4 nitrogen and oxygen atoms in total. The molecule has 2 heterocycles. The molecule has 1 aromatic carbocycles. The third kappa shape index (κ3) is 2.18. The van der Waals surface area contributed by atoms with Crippen molar-refractivity contribution in [2.45, 2.75) is 13.8 Å². The third-order valence-electron chi connectivity index (χ3n) is 3.23. The highest BCUT2D eigenvalue weighted by Gasteiger charge is 2.10. The van der Waals surface area contributed by atoms with Crippen LogP contribution < -0.4 is 4.74 Å². The van der Waals surface area contributed by atoms with E-state index in [0.717, 1.165) is 32.4 Å². The van der Waals surface area contributed by atoms with Crippen molar-refractivity contribution >= 4 is 27.0 Å². The van der Waals surface area contributed by atoms with Gasteiger partial charge in [0.1, 0.15) is 5.75 Å². The molecule has 3 rings (SSSR count). The summed E-state index contributed by atoms with van der Waals surface area (Å²) in [6.07, 6.45) is 3.50. The van der Waals surface area contributed by atoms with Crippen LogP contribution in [0.5, 0.6) is 11.6 Å². The monoisotopic (exact) mass is 331 g/mol. The summed E-state index contributed by atoms with van der Waals surface area (Å²) >= 11 is 3.55. The lowest BCUT2D eigenvalue weighted by atomic mass is 10.1. The van der Waals surface area contributed by atoms with E-state index in [-0.39, 0.29) is 0 Å². The molecule has 0 fully saturated rings. The molecule has 3 aromatic rings.